The molecule has 2 aromatic carbocycles. The molecule has 1 amide bonds. The fourth-order valence-electron chi connectivity index (χ4n) is 3.75. The minimum Gasteiger partial charge on any atom is -0.309 e. The Hall–Kier alpha value is -4.28. The van der Waals surface area contributed by atoms with Crippen LogP contribution in [0.15, 0.2) is 72.9 Å². The van der Waals surface area contributed by atoms with Crippen molar-refractivity contribution >= 4 is 45.5 Å². The monoisotopic (exact) mass is 452 g/mol. The minimum absolute atomic E-state index is 0.254. The van der Waals surface area contributed by atoms with Crippen LogP contribution in [0.3, 0.4) is 0 Å². The number of para-hydroxylation sites is 2. The van der Waals surface area contributed by atoms with Gasteiger partial charge in [-0.1, -0.05) is 41.9 Å². The fraction of sp³-hybridized carbons (Fsp3) is 0.0800. The molecule has 160 valence electrons. The third kappa shape index (κ3) is 3.88. The van der Waals surface area contributed by atoms with E-state index in [1.54, 1.807) is 30.5 Å². The van der Waals surface area contributed by atoms with Crippen LogP contribution in [0.25, 0.3) is 22.2 Å². The van der Waals surface area contributed by atoms with Crippen molar-refractivity contribution < 1.29 is 4.79 Å². The van der Waals surface area contributed by atoms with Gasteiger partial charge in [0.25, 0.3) is 5.91 Å². The van der Waals surface area contributed by atoms with Crippen LogP contribution in [-0.4, -0.2) is 25.4 Å². The van der Waals surface area contributed by atoms with Gasteiger partial charge in [0.1, 0.15) is 23.0 Å². The highest BCUT2D eigenvalue weighted by atomic mass is 35.5. The summed E-state index contributed by atoms with van der Waals surface area (Å²) >= 11 is 6.22. The molecule has 0 aliphatic carbocycles. The summed E-state index contributed by atoms with van der Waals surface area (Å²) < 4.78 is 1.82. The first-order valence-electron chi connectivity index (χ1n) is 10.3. The van der Waals surface area contributed by atoms with Crippen molar-refractivity contribution in [1.82, 2.24) is 19.5 Å². The van der Waals surface area contributed by atoms with E-state index in [1.807, 2.05) is 47.0 Å². The number of fused-ring (bicyclic) bond motifs is 2. The molecular formula is C25H17ClN6O. The average Bonchev–Trinajstić information content (AvgIpc) is 3.13. The van der Waals surface area contributed by atoms with E-state index in [-0.39, 0.29) is 5.56 Å². The molecule has 3 aromatic heterocycles. The summed E-state index contributed by atoms with van der Waals surface area (Å²) in [6.45, 7) is 0.445. The van der Waals surface area contributed by atoms with Gasteiger partial charge in [0, 0.05) is 24.9 Å². The van der Waals surface area contributed by atoms with E-state index in [2.05, 4.69) is 21.4 Å². The Labute approximate surface area is 194 Å². The summed E-state index contributed by atoms with van der Waals surface area (Å²) in [7, 11) is 0. The Balaban J connectivity index is 1.66. The third-order valence-corrected chi connectivity index (χ3v) is 5.66. The van der Waals surface area contributed by atoms with Gasteiger partial charge >= 0.3 is 0 Å². The van der Waals surface area contributed by atoms with Crippen LogP contribution in [0.5, 0.6) is 0 Å². The number of rotatable bonds is 5. The average molecular weight is 453 g/mol. The number of aryl methyl sites for hydroxylation is 2. The van der Waals surface area contributed by atoms with Crippen molar-refractivity contribution in [1.29, 1.82) is 5.26 Å². The minimum atomic E-state index is -0.413. The van der Waals surface area contributed by atoms with Crippen molar-refractivity contribution in [2.75, 3.05) is 5.32 Å². The van der Waals surface area contributed by atoms with Crippen molar-refractivity contribution in [2.24, 2.45) is 0 Å². The van der Waals surface area contributed by atoms with Gasteiger partial charge in [-0.15, -0.1) is 0 Å². The number of benzene rings is 2. The summed E-state index contributed by atoms with van der Waals surface area (Å²) in [5, 5.41) is 13.2. The zero-order chi connectivity index (χ0) is 22.8. The molecule has 1 N–H and O–H groups in total. The molecular weight excluding hydrogens is 436 g/mol. The lowest BCUT2D eigenvalue weighted by Gasteiger charge is -2.12. The van der Waals surface area contributed by atoms with Crippen molar-refractivity contribution in [3.8, 4) is 6.07 Å². The SMILES string of the molecule is N#Cc1c(NC(=O)c2ccccc2Cl)n(CCc2ccccn2)c2nc3ccccc3nc12. The molecule has 33 heavy (non-hydrogen) atoms. The smallest absolute Gasteiger partial charge is 0.258 e. The number of hydrogen-bond donors (Lipinski definition) is 1. The van der Waals surface area contributed by atoms with E-state index < -0.39 is 5.91 Å². The molecule has 0 bridgehead atoms. The highest BCUT2D eigenvalue weighted by molar-refractivity contribution is 6.34. The highest BCUT2D eigenvalue weighted by Crippen LogP contribution is 2.30. The quantitative estimate of drug-likeness (QED) is 0.404. The Morgan fingerprint density at radius 2 is 1.73 bits per heavy atom. The molecule has 0 aliphatic rings. The molecule has 5 rings (SSSR count). The number of carbonyl (C=O) groups is 1. The lowest BCUT2D eigenvalue weighted by Crippen LogP contribution is -2.17. The van der Waals surface area contributed by atoms with Crippen LogP contribution >= 0.6 is 11.6 Å². The number of anilines is 1. The number of halogens is 1. The number of hydrogen-bond acceptors (Lipinski definition) is 5. The molecule has 0 saturated heterocycles. The maximum absolute atomic E-state index is 13.1. The van der Waals surface area contributed by atoms with Crippen LogP contribution in [0.2, 0.25) is 5.02 Å². The Morgan fingerprint density at radius 3 is 2.45 bits per heavy atom. The van der Waals surface area contributed by atoms with Crippen molar-refractivity contribution in [3.63, 3.8) is 0 Å². The number of pyridine rings is 1. The number of carbonyl (C=O) groups excluding carboxylic acids is 1. The number of amides is 1. The molecule has 0 unspecified atom stereocenters. The van der Waals surface area contributed by atoms with Gasteiger partial charge < -0.3 is 9.88 Å². The molecule has 3 heterocycles. The first kappa shape index (κ1) is 20.6. The topological polar surface area (TPSA) is 96.5 Å². The lowest BCUT2D eigenvalue weighted by atomic mass is 10.2. The third-order valence-electron chi connectivity index (χ3n) is 5.33. The van der Waals surface area contributed by atoms with E-state index in [1.165, 1.54) is 0 Å². The Morgan fingerprint density at radius 1 is 1.00 bits per heavy atom. The second-order valence-electron chi connectivity index (χ2n) is 7.38. The Kier molecular flexibility index (Phi) is 5.43. The van der Waals surface area contributed by atoms with Gasteiger partial charge in [-0.05, 0) is 36.4 Å². The number of nitriles is 1. The molecule has 0 saturated carbocycles. The summed E-state index contributed by atoms with van der Waals surface area (Å²) in [6.07, 6.45) is 2.32. The number of nitrogens with one attached hydrogen (secondary N) is 1. The molecule has 0 spiro atoms. The van der Waals surface area contributed by atoms with Crippen molar-refractivity contribution in [2.45, 2.75) is 13.0 Å². The van der Waals surface area contributed by atoms with Gasteiger partial charge in [-0.2, -0.15) is 5.26 Å². The first-order valence-corrected chi connectivity index (χ1v) is 10.7. The van der Waals surface area contributed by atoms with Gasteiger partial charge in [0.05, 0.1) is 21.6 Å². The molecule has 0 atom stereocenters. The molecule has 0 radical (unpaired) electrons. The van der Waals surface area contributed by atoms with Crippen LogP contribution < -0.4 is 5.32 Å². The zero-order valence-corrected chi connectivity index (χ0v) is 18.1. The van der Waals surface area contributed by atoms with Crippen LogP contribution in [0, 0.1) is 11.3 Å². The van der Waals surface area contributed by atoms with Crippen molar-refractivity contribution in [3.05, 3.63) is 94.8 Å². The molecule has 7 nitrogen and oxygen atoms in total. The summed E-state index contributed by atoms with van der Waals surface area (Å²) in [4.78, 5) is 26.9. The second kappa shape index (κ2) is 8.69. The van der Waals surface area contributed by atoms with Gasteiger partial charge in [-0.25, -0.2) is 9.97 Å². The standard InChI is InChI=1S/C25H17ClN6O/c26-19-9-2-1-8-17(19)25(33)31-23-18(15-27)22-24(30-21-11-4-3-10-20(21)29-22)32(23)14-12-16-7-5-6-13-28-16/h1-11,13H,12,14H2,(H,31,33). The number of nitrogens with zero attached hydrogens (tertiary/aromatic N) is 5. The van der Waals surface area contributed by atoms with Crippen LogP contribution in [0.4, 0.5) is 5.82 Å². The fourth-order valence-corrected chi connectivity index (χ4v) is 3.97. The maximum Gasteiger partial charge on any atom is 0.258 e. The molecule has 5 aromatic rings. The molecule has 0 aliphatic heterocycles. The predicted octanol–water partition coefficient (Wildman–Crippen LogP) is 5.00. The molecule has 0 fully saturated rings. The Bertz CT molecular complexity index is 1540. The summed E-state index contributed by atoms with van der Waals surface area (Å²) in [5.41, 5.74) is 3.79. The second-order valence-corrected chi connectivity index (χ2v) is 7.78. The predicted molar refractivity (Wildman–Crippen MR) is 127 cm³/mol. The van der Waals surface area contributed by atoms with E-state index in [0.29, 0.717) is 51.6 Å². The van der Waals surface area contributed by atoms with Crippen LogP contribution in [0.1, 0.15) is 21.6 Å². The zero-order valence-electron chi connectivity index (χ0n) is 17.4. The first-order chi connectivity index (χ1) is 16.2. The summed E-state index contributed by atoms with van der Waals surface area (Å²) in [5.74, 6) is -0.0767. The van der Waals surface area contributed by atoms with Gasteiger partial charge in [0.15, 0.2) is 5.65 Å². The normalized spacial score (nSPS) is 10.9. The summed E-state index contributed by atoms with van der Waals surface area (Å²) in [6, 6.07) is 22.1. The van der Waals surface area contributed by atoms with Crippen LogP contribution in [-0.2, 0) is 13.0 Å². The van der Waals surface area contributed by atoms with E-state index in [0.717, 1.165) is 5.69 Å². The van der Waals surface area contributed by atoms with E-state index in [4.69, 9.17) is 16.6 Å². The number of aromatic nitrogens is 4. The maximum atomic E-state index is 13.1. The van der Waals surface area contributed by atoms with E-state index in [9.17, 15) is 10.1 Å². The van der Waals surface area contributed by atoms with E-state index >= 15 is 0 Å². The largest absolute Gasteiger partial charge is 0.309 e. The van der Waals surface area contributed by atoms with Gasteiger partial charge in [-0.3, -0.25) is 9.78 Å². The molecule has 8 heteroatoms. The van der Waals surface area contributed by atoms with Gasteiger partial charge in [0.2, 0.25) is 0 Å². The lowest BCUT2D eigenvalue weighted by molar-refractivity contribution is 0.102. The highest BCUT2D eigenvalue weighted by Gasteiger charge is 2.23.